The first-order valence-corrected chi connectivity index (χ1v) is 7.47. The highest BCUT2D eigenvalue weighted by atomic mass is 16.5. The fraction of sp³-hybridized carbons (Fsp3) is 0.750. The van der Waals surface area contributed by atoms with Gasteiger partial charge in [0.15, 0.2) is 0 Å². The molecule has 0 aromatic heterocycles. The molecule has 0 bridgehead atoms. The maximum atomic E-state index is 5.86. The van der Waals surface area contributed by atoms with Crippen LogP contribution in [0.25, 0.3) is 0 Å². The van der Waals surface area contributed by atoms with Gasteiger partial charge in [-0.3, -0.25) is 4.90 Å². The van der Waals surface area contributed by atoms with Crippen molar-refractivity contribution >= 4 is 0 Å². The van der Waals surface area contributed by atoms with E-state index in [2.05, 4.69) is 44.0 Å². The molecule has 1 fully saturated rings. The standard InChI is InChI=1S/C16H27NO2/c1-13-4-5-16(12-14(13)2)19-11-8-17(3)15-6-9-18-10-7-15/h4-5,12-15H,6-11H2,1-3H3. The van der Waals surface area contributed by atoms with Crippen molar-refractivity contribution in [2.45, 2.75) is 32.7 Å². The van der Waals surface area contributed by atoms with Crippen molar-refractivity contribution in [1.29, 1.82) is 0 Å². The Morgan fingerprint density at radius 1 is 1.26 bits per heavy atom. The summed E-state index contributed by atoms with van der Waals surface area (Å²) in [4.78, 5) is 2.40. The first kappa shape index (κ1) is 14.6. The van der Waals surface area contributed by atoms with Crippen molar-refractivity contribution in [1.82, 2.24) is 4.90 Å². The molecule has 2 rings (SSSR count). The maximum absolute atomic E-state index is 5.86. The van der Waals surface area contributed by atoms with Gasteiger partial charge in [0, 0.05) is 25.8 Å². The molecule has 1 heterocycles. The number of likely N-dealkylation sites (N-methyl/N-ethyl adjacent to an activating group) is 1. The normalized spacial score (nSPS) is 28.5. The Bertz CT molecular complexity index is 332. The highest BCUT2D eigenvalue weighted by molar-refractivity contribution is 5.19. The second kappa shape index (κ2) is 7.11. The zero-order valence-corrected chi connectivity index (χ0v) is 12.5. The molecule has 0 N–H and O–H groups in total. The van der Waals surface area contributed by atoms with Gasteiger partial charge in [-0.15, -0.1) is 0 Å². The average Bonchev–Trinajstić information content (AvgIpc) is 2.43. The number of ether oxygens (including phenoxy) is 2. The van der Waals surface area contributed by atoms with E-state index < -0.39 is 0 Å². The smallest absolute Gasteiger partial charge is 0.115 e. The molecule has 2 atom stereocenters. The van der Waals surface area contributed by atoms with E-state index in [0.29, 0.717) is 17.9 Å². The Labute approximate surface area is 117 Å². The molecule has 1 aliphatic heterocycles. The minimum Gasteiger partial charge on any atom is -0.493 e. The van der Waals surface area contributed by atoms with Crippen LogP contribution in [0.3, 0.4) is 0 Å². The lowest BCUT2D eigenvalue weighted by Crippen LogP contribution is -2.38. The lowest BCUT2D eigenvalue weighted by molar-refractivity contribution is 0.0360. The van der Waals surface area contributed by atoms with Crippen LogP contribution in [-0.4, -0.2) is 44.4 Å². The Kier molecular flexibility index (Phi) is 5.46. The van der Waals surface area contributed by atoms with Gasteiger partial charge in [0.05, 0.1) is 0 Å². The number of hydrogen-bond acceptors (Lipinski definition) is 3. The van der Waals surface area contributed by atoms with Crippen LogP contribution in [0, 0.1) is 11.8 Å². The largest absolute Gasteiger partial charge is 0.493 e. The molecule has 1 aliphatic carbocycles. The van der Waals surface area contributed by atoms with Gasteiger partial charge in [-0.1, -0.05) is 19.9 Å². The van der Waals surface area contributed by atoms with E-state index >= 15 is 0 Å². The average molecular weight is 265 g/mol. The fourth-order valence-corrected chi connectivity index (χ4v) is 2.60. The molecular weight excluding hydrogens is 238 g/mol. The summed E-state index contributed by atoms with van der Waals surface area (Å²) in [5, 5.41) is 0. The molecule has 0 saturated carbocycles. The Balaban J connectivity index is 1.68. The van der Waals surface area contributed by atoms with E-state index in [1.807, 2.05) is 0 Å². The zero-order chi connectivity index (χ0) is 13.7. The minimum absolute atomic E-state index is 0.577. The summed E-state index contributed by atoms with van der Waals surface area (Å²) >= 11 is 0. The van der Waals surface area contributed by atoms with Crippen LogP contribution >= 0.6 is 0 Å². The van der Waals surface area contributed by atoms with Gasteiger partial charge >= 0.3 is 0 Å². The van der Waals surface area contributed by atoms with E-state index in [1.165, 1.54) is 0 Å². The molecule has 0 radical (unpaired) electrons. The van der Waals surface area contributed by atoms with Crippen molar-refractivity contribution in [3.05, 3.63) is 24.0 Å². The molecule has 2 unspecified atom stereocenters. The molecule has 1 saturated heterocycles. The van der Waals surface area contributed by atoms with Crippen LogP contribution in [0.2, 0.25) is 0 Å². The van der Waals surface area contributed by atoms with Gasteiger partial charge in [0.25, 0.3) is 0 Å². The number of nitrogens with zero attached hydrogens (tertiary/aromatic N) is 1. The van der Waals surface area contributed by atoms with Gasteiger partial charge in [0.2, 0.25) is 0 Å². The van der Waals surface area contributed by atoms with Crippen LogP contribution in [0.4, 0.5) is 0 Å². The van der Waals surface area contributed by atoms with Crippen LogP contribution < -0.4 is 0 Å². The van der Waals surface area contributed by atoms with Crippen LogP contribution in [0.1, 0.15) is 26.7 Å². The summed E-state index contributed by atoms with van der Waals surface area (Å²) in [6.07, 6.45) is 8.88. The molecule has 3 heteroatoms. The molecule has 0 spiro atoms. The second-order valence-electron chi connectivity index (χ2n) is 5.82. The van der Waals surface area contributed by atoms with Gasteiger partial charge < -0.3 is 9.47 Å². The van der Waals surface area contributed by atoms with Gasteiger partial charge in [-0.05, 0) is 43.9 Å². The quantitative estimate of drug-likeness (QED) is 0.763. The Morgan fingerprint density at radius 3 is 2.68 bits per heavy atom. The Morgan fingerprint density at radius 2 is 2.00 bits per heavy atom. The number of hydrogen-bond donors (Lipinski definition) is 0. The van der Waals surface area contributed by atoms with Crippen molar-refractivity contribution in [3.63, 3.8) is 0 Å². The lowest BCUT2D eigenvalue weighted by Gasteiger charge is -2.31. The summed E-state index contributed by atoms with van der Waals surface area (Å²) in [7, 11) is 2.19. The third-order valence-electron chi connectivity index (χ3n) is 4.35. The second-order valence-corrected chi connectivity index (χ2v) is 5.82. The van der Waals surface area contributed by atoms with Gasteiger partial charge in [0.1, 0.15) is 12.4 Å². The summed E-state index contributed by atoms with van der Waals surface area (Å²) in [6, 6.07) is 0.659. The number of rotatable bonds is 5. The minimum atomic E-state index is 0.577. The first-order chi connectivity index (χ1) is 9.16. The molecule has 108 valence electrons. The van der Waals surface area contributed by atoms with Crippen LogP contribution in [0.15, 0.2) is 24.0 Å². The fourth-order valence-electron chi connectivity index (χ4n) is 2.60. The monoisotopic (exact) mass is 265 g/mol. The Hall–Kier alpha value is -0.800. The van der Waals surface area contributed by atoms with Crippen LogP contribution in [-0.2, 0) is 9.47 Å². The van der Waals surface area contributed by atoms with Gasteiger partial charge in [-0.2, -0.15) is 0 Å². The molecule has 19 heavy (non-hydrogen) atoms. The molecule has 3 nitrogen and oxygen atoms in total. The van der Waals surface area contributed by atoms with E-state index in [-0.39, 0.29) is 0 Å². The molecule has 2 aliphatic rings. The van der Waals surface area contributed by atoms with Gasteiger partial charge in [-0.25, -0.2) is 0 Å². The highest BCUT2D eigenvalue weighted by Gasteiger charge is 2.18. The topological polar surface area (TPSA) is 21.7 Å². The third-order valence-corrected chi connectivity index (χ3v) is 4.35. The molecule has 0 aromatic rings. The van der Waals surface area contributed by atoms with E-state index in [4.69, 9.17) is 9.47 Å². The first-order valence-electron chi connectivity index (χ1n) is 7.47. The lowest BCUT2D eigenvalue weighted by atomic mass is 9.91. The molecular formula is C16H27NO2. The van der Waals surface area contributed by atoms with E-state index in [9.17, 15) is 0 Å². The van der Waals surface area contributed by atoms with Crippen LogP contribution in [0.5, 0.6) is 0 Å². The van der Waals surface area contributed by atoms with E-state index in [0.717, 1.165) is 45.0 Å². The van der Waals surface area contributed by atoms with Crippen molar-refractivity contribution in [2.75, 3.05) is 33.4 Å². The maximum Gasteiger partial charge on any atom is 0.115 e. The third kappa shape index (κ3) is 4.36. The summed E-state index contributed by atoms with van der Waals surface area (Å²) in [6.45, 7) is 8.04. The zero-order valence-electron chi connectivity index (χ0n) is 12.5. The predicted octanol–water partition coefficient (Wildman–Crippen LogP) is 2.84. The predicted molar refractivity (Wildman–Crippen MR) is 78.0 cm³/mol. The van der Waals surface area contributed by atoms with Crippen molar-refractivity contribution in [3.8, 4) is 0 Å². The summed E-state index contributed by atoms with van der Waals surface area (Å²) in [5.74, 6) is 2.23. The number of allylic oxidation sites excluding steroid dienone is 3. The summed E-state index contributed by atoms with van der Waals surface area (Å²) < 4.78 is 11.3. The molecule has 0 amide bonds. The highest BCUT2D eigenvalue weighted by Crippen LogP contribution is 2.22. The summed E-state index contributed by atoms with van der Waals surface area (Å²) in [5.41, 5.74) is 0. The van der Waals surface area contributed by atoms with Crippen molar-refractivity contribution in [2.24, 2.45) is 11.8 Å². The SMILES string of the molecule is CC1C=CC(OCCN(C)C2CCOCC2)=CC1C. The molecule has 0 aromatic carbocycles. The van der Waals surface area contributed by atoms with Crippen molar-refractivity contribution < 1.29 is 9.47 Å². The van der Waals surface area contributed by atoms with E-state index in [1.54, 1.807) is 0 Å².